The quantitative estimate of drug-likeness (QED) is 0.471. The van der Waals surface area contributed by atoms with Crippen LogP contribution in [0.4, 0.5) is 5.69 Å². The van der Waals surface area contributed by atoms with E-state index in [2.05, 4.69) is 10.6 Å². The molecule has 31 heavy (non-hydrogen) atoms. The molecule has 3 rings (SSSR count). The number of carbonyl (C=O) groups is 3. The van der Waals surface area contributed by atoms with Crippen LogP contribution in [0.3, 0.4) is 0 Å². The predicted octanol–water partition coefficient (Wildman–Crippen LogP) is 4.33. The third kappa shape index (κ3) is 7.43. The number of amides is 2. The van der Waals surface area contributed by atoms with E-state index in [1.54, 1.807) is 24.3 Å². The lowest BCUT2D eigenvalue weighted by molar-refractivity contribution is -0.125. The summed E-state index contributed by atoms with van der Waals surface area (Å²) >= 11 is 1.26. The largest absolute Gasteiger partial charge is 0.452 e. The predicted molar refractivity (Wildman–Crippen MR) is 122 cm³/mol. The molecule has 1 saturated carbocycles. The Morgan fingerprint density at radius 2 is 1.68 bits per heavy atom. The number of aryl methyl sites for hydroxylation is 1. The van der Waals surface area contributed by atoms with Crippen LogP contribution in [0.5, 0.6) is 0 Å². The van der Waals surface area contributed by atoms with E-state index in [0.29, 0.717) is 10.5 Å². The van der Waals surface area contributed by atoms with Crippen LogP contribution >= 0.6 is 11.8 Å². The van der Waals surface area contributed by atoms with Crippen LogP contribution in [-0.2, 0) is 14.3 Å². The molecule has 0 aromatic heterocycles. The van der Waals surface area contributed by atoms with Crippen molar-refractivity contribution in [1.29, 1.82) is 0 Å². The van der Waals surface area contributed by atoms with Gasteiger partial charge >= 0.3 is 5.97 Å². The zero-order chi connectivity index (χ0) is 22.1. The molecule has 0 saturated heterocycles. The molecule has 2 aromatic rings. The molecule has 1 aliphatic rings. The Morgan fingerprint density at radius 3 is 2.42 bits per heavy atom. The van der Waals surface area contributed by atoms with Gasteiger partial charge < -0.3 is 15.4 Å². The summed E-state index contributed by atoms with van der Waals surface area (Å²) in [5.41, 5.74) is 2.20. The van der Waals surface area contributed by atoms with E-state index in [1.165, 1.54) is 18.2 Å². The van der Waals surface area contributed by atoms with Crippen molar-refractivity contribution < 1.29 is 19.1 Å². The van der Waals surface area contributed by atoms with Crippen molar-refractivity contribution in [2.45, 2.75) is 50.0 Å². The number of ether oxygens (including phenoxy) is 1. The molecule has 2 amide bonds. The van der Waals surface area contributed by atoms with Gasteiger partial charge in [-0.15, -0.1) is 11.8 Å². The minimum Gasteiger partial charge on any atom is -0.452 e. The number of hydrogen-bond acceptors (Lipinski definition) is 5. The van der Waals surface area contributed by atoms with Crippen LogP contribution in [0.1, 0.15) is 48.0 Å². The summed E-state index contributed by atoms with van der Waals surface area (Å²) in [6.45, 7) is 1.68. The molecule has 0 atom stereocenters. The van der Waals surface area contributed by atoms with E-state index in [0.717, 1.165) is 36.9 Å². The second-order valence-corrected chi connectivity index (χ2v) is 8.69. The molecular weight excluding hydrogens is 412 g/mol. The number of nitrogens with one attached hydrogen (secondary N) is 2. The Bertz CT molecular complexity index is 908. The molecule has 1 fully saturated rings. The highest BCUT2D eigenvalue weighted by Gasteiger charge is 2.18. The van der Waals surface area contributed by atoms with Crippen LogP contribution in [0, 0.1) is 6.92 Å². The van der Waals surface area contributed by atoms with Crippen LogP contribution in [0.25, 0.3) is 0 Å². The van der Waals surface area contributed by atoms with Crippen LogP contribution < -0.4 is 10.6 Å². The van der Waals surface area contributed by atoms with Crippen LogP contribution in [0.15, 0.2) is 53.4 Å². The van der Waals surface area contributed by atoms with E-state index in [-0.39, 0.29) is 30.2 Å². The Labute approximate surface area is 187 Å². The fourth-order valence-corrected chi connectivity index (χ4v) is 4.30. The smallest absolute Gasteiger partial charge is 0.339 e. The van der Waals surface area contributed by atoms with Gasteiger partial charge in [-0.05, 0) is 44.0 Å². The van der Waals surface area contributed by atoms with Gasteiger partial charge in [0, 0.05) is 16.6 Å². The number of benzene rings is 2. The molecule has 0 aliphatic heterocycles. The monoisotopic (exact) mass is 440 g/mol. The molecule has 2 N–H and O–H groups in total. The summed E-state index contributed by atoms with van der Waals surface area (Å²) in [5.74, 6) is -0.854. The average Bonchev–Trinajstić information content (AvgIpc) is 2.78. The fraction of sp³-hybridized carbons (Fsp3) is 0.375. The van der Waals surface area contributed by atoms with Gasteiger partial charge in [-0.1, -0.05) is 49.1 Å². The highest BCUT2D eigenvalue weighted by molar-refractivity contribution is 8.00. The summed E-state index contributed by atoms with van der Waals surface area (Å²) in [7, 11) is 0. The summed E-state index contributed by atoms with van der Waals surface area (Å²) in [6, 6.07) is 14.7. The lowest BCUT2D eigenvalue weighted by atomic mass is 9.95. The van der Waals surface area contributed by atoms with Crippen molar-refractivity contribution in [2.75, 3.05) is 17.7 Å². The lowest BCUT2D eigenvalue weighted by Gasteiger charge is -2.22. The van der Waals surface area contributed by atoms with Crippen molar-refractivity contribution in [3.8, 4) is 0 Å². The van der Waals surface area contributed by atoms with Crippen LogP contribution in [-0.4, -0.2) is 36.2 Å². The second-order valence-electron chi connectivity index (χ2n) is 7.68. The normalized spacial score (nSPS) is 14.0. The van der Waals surface area contributed by atoms with Crippen molar-refractivity contribution >= 4 is 35.2 Å². The number of thioether (sulfide) groups is 1. The molecule has 164 valence electrons. The molecule has 0 heterocycles. The molecule has 1 aliphatic carbocycles. The number of carbonyl (C=O) groups excluding carboxylic acids is 3. The molecule has 7 heteroatoms. The van der Waals surface area contributed by atoms with Crippen molar-refractivity contribution in [2.24, 2.45) is 0 Å². The summed E-state index contributed by atoms with van der Waals surface area (Å²) < 4.78 is 5.22. The number of anilines is 1. The third-order valence-electron chi connectivity index (χ3n) is 5.11. The van der Waals surface area contributed by atoms with Gasteiger partial charge in [-0.2, -0.15) is 0 Å². The van der Waals surface area contributed by atoms with Crippen molar-refractivity contribution in [3.63, 3.8) is 0 Å². The van der Waals surface area contributed by atoms with Gasteiger partial charge in [-0.3, -0.25) is 9.59 Å². The van der Waals surface area contributed by atoms with Gasteiger partial charge in [0.25, 0.3) is 5.91 Å². The SMILES string of the molecule is Cc1ccc(NC(=O)CSc2ccccc2C(=O)OCC(=O)NC2CCCCC2)cc1. The molecule has 6 nitrogen and oxygen atoms in total. The fourth-order valence-electron chi connectivity index (χ4n) is 3.46. The molecule has 2 aromatic carbocycles. The molecular formula is C24H28N2O4S. The average molecular weight is 441 g/mol. The number of esters is 1. The van der Waals surface area contributed by atoms with E-state index in [9.17, 15) is 14.4 Å². The van der Waals surface area contributed by atoms with Gasteiger partial charge in [0.2, 0.25) is 5.91 Å². The highest BCUT2D eigenvalue weighted by atomic mass is 32.2. The minimum absolute atomic E-state index is 0.153. The van der Waals surface area contributed by atoms with Gasteiger partial charge in [0.05, 0.1) is 11.3 Å². The first kappa shape index (κ1) is 22.9. The highest BCUT2D eigenvalue weighted by Crippen LogP contribution is 2.24. The summed E-state index contributed by atoms with van der Waals surface area (Å²) in [5, 5.41) is 5.77. The Balaban J connectivity index is 1.49. The van der Waals surface area contributed by atoms with E-state index in [1.807, 2.05) is 31.2 Å². The summed E-state index contributed by atoms with van der Waals surface area (Å²) in [4.78, 5) is 37.5. The Hall–Kier alpha value is -2.80. The van der Waals surface area contributed by atoms with Gasteiger partial charge in [0.1, 0.15) is 0 Å². The number of rotatable bonds is 8. The van der Waals surface area contributed by atoms with Crippen molar-refractivity contribution in [1.82, 2.24) is 5.32 Å². The second kappa shape index (κ2) is 11.6. The standard InChI is InChI=1S/C24H28N2O4S/c1-17-11-13-19(14-12-17)26-23(28)16-31-21-10-6-5-9-20(21)24(29)30-15-22(27)25-18-7-3-2-4-8-18/h5-6,9-14,18H,2-4,7-8,15-16H2,1H3,(H,25,27)(H,26,28). The molecule has 0 unspecified atom stereocenters. The zero-order valence-corrected chi connectivity index (χ0v) is 18.5. The van der Waals surface area contributed by atoms with E-state index in [4.69, 9.17) is 4.74 Å². The maximum Gasteiger partial charge on any atom is 0.339 e. The maximum absolute atomic E-state index is 12.5. The zero-order valence-electron chi connectivity index (χ0n) is 17.7. The minimum atomic E-state index is -0.569. The van der Waals surface area contributed by atoms with Gasteiger partial charge in [-0.25, -0.2) is 4.79 Å². The van der Waals surface area contributed by atoms with E-state index < -0.39 is 5.97 Å². The summed E-state index contributed by atoms with van der Waals surface area (Å²) in [6.07, 6.45) is 5.39. The van der Waals surface area contributed by atoms with Crippen molar-refractivity contribution in [3.05, 3.63) is 59.7 Å². The topological polar surface area (TPSA) is 84.5 Å². The first-order valence-corrected chi connectivity index (χ1v) is 11.5. The Kier molecular flexibility index (Phi) is 8.53. The van der Waals surface area contributed by atoms with Crippen LogP contribution in [0.2, 0.25) is 0 Å². The first-order chi connectivity index (χ1) is 15.0. The third-order valence-corrected chi connectivity index (χ3v) is 6.18. The number of hydrogen-bond donors (Lipinski definition) is 2. The maximum atomic E-state index is 12.5. The van der Waals surface area contributed by atoms with E-state index >= 15 is 0 Å². The van der Waals surface area contributed by atoms with Gasteiger partial charge in [0.15, 0.2) is 6.61 Å². The molecule has 0 bridgehead atoms. The lowest BCUT2D eigenvalue weighted by Crippen LogP contribution is -2.38. The molecule has 0 radical (unpaired) electrons. The Morgan fingerprint density at radius 1 is 0.968 bits per heavy atom. The molecule has 0 spiro atoms. The first-order valence-electron chi connectivity index (χ1n) is 10.6.